The summed E-state index contributed by atoms with van der Waals surface area (Å²) >= 11 is 0. The highest BCUT2D eigenvalue weighted by molar-refractivity contribution is 5.07. The van der Waals surface area contributed by atoms with Crippen LogP contribution in [0.5, 0.6) is 0 Å². The van der Waals surface area contributed by atoms with Gasteiger partial charge in [0.1, 0.15) is 11.5 Å². The second-order valence-electron chi connectivity index (χ2n) is 5.94. The van der Waals surface area contributed by atoms with Crippen molar-refractivity contribution in [3.8, 4) is 0 Å². The lowest BCUT2D eigenvalue weighted by Crippen LogP contribution is -2.29. The van der Waals surface area contributed by atoms with E-state index in [1.807, 2.05) is 0 Å². The average molecular weight is 266 g/mol. The maximum absolute atomic E-state index is 5.85. The molecule has 0 fully saturated rings. The van der Waals surface area contributed by atoms with Crippen LogP contribution in [0.4, 0.5) is 0 Å². The van der Waals surface area contributed by atoms with Crippen LogP contribution in [0.15, 0.2) is 16.5 Å². The Morgan fingerprint density at radius 1 is 1.21 bits per heavy atom. The first-order valence-corrected chi connectivity index (χ1v) is 7.51. The maximum atomic E-state index is 5.85. The lowest BCUT2D eigenvalue weighted by molar-refractivity contribution is 0.203. The summed E-state index contributed by atoms with van der Waals surface area (Å²) in [5.74, 6) is 2.84. The predicted octanol–water partition coefficient (Wildman–Crippen LogP) is 3.65. The van der Waals surface area contributed by atoms with Crippen LogP contribution in [0.25, 0.3) is 0 Å². The van der Waals surface area contributed by atoms with Gasteiger partial charge in [-0.05, 0) is 51.4 Å². The van der Waals surface area contributed by atoms with Gasteiger partial charge in [-0.15, -0.1) is 0 Å². The molecule has 0 spiro atoms. The molecular weight excluding hydrogens is 236 g/mol. The van der Waals surface area contributed by atoms with Gasteiger partial charge in [0.15, 0.2) is 0 Å². The molecule has 0 aliphatic heterocycles. The smallest absolute Gasteiger partial charge is 0.118 e. The lowest BCUT2D eigenvalue weighted by atomic mass is 10.0. The molecule has 0 bridgehead atoms. The van der Waals surface area contributed by atoms with E-state index in [1.54, 1.807) is 0 Å². The van der Waals surface area contributed by atoms with Gasteiger partial charge in [0.05, 0.1) is 13.1 Å². The zero-order valence-corrected chi connectivity index (χ0v) is 13.2. The van der Waals surface area contributed by atoms with Crippen LogP contribution in [0.1, 0.15) is 52.1 Å². The minimum Gasteiger partial charge on any atom is -0.463 e. The van der Waals surface area contributed by atoms with E-state index in [1.165, 1.54) is 6.42 Å². The van der Waals surface area contributed by atoms with E-state index in [4.69, 9.17) is 4.42 Å². The molecular formula is C16H30N2O. The van der Waals surface area contributed by atoms with Gasteiger partial charge in [-0.25, -0.2) is 0 Å². The fourth-order valence-electron chi connectivity index (χ4n) is 2.25. The molecule has 0 radical (unpaired) electrons. The average Bonchev–Trinajstić information content (AvgIpc) is 2.76. The second kappa shape index (κ2) is 8.39. The first-order valence-electron chi connectivity index (χ1n) is 7.51. The standard InChI is InChI=1S/C16H30N2O/c1-6-9-17-11-15-7-8-16(19-15)12-18(5)14(4)10-13(2)3/h7-8,13-14,17H,6,9-12H2,1-5H3. The van der Waals surface area contributed by atoms with Gasteiger partial charge in [-0.2, -0.15) is 0 Å². The summed E-state index contributed by atoms with van der Waals surface area (Å²) in [6.45, 7) is 11.8. The Morgan fingerprint density at radius 2 is 1.89 bits per heavy atom. The lowest BCUT2D eigenvalue weighted by Gasteiger charge is -2.25. The topological polar surface area (TPSA) is 28.4 Å². The Kier molecular flexibility index (Phi) is 7.17. The molecule has 0 aliphatic rings. The number of rotatable bonds is 9. The third-order valence-electron chi connectivity index (χ3n) is 3.41. The molecule has 19 heavy (non-hydrogen) atoms. The van der Waals surface area contributed by atoms with Crippen LogP contribution >= 0.6 is 0 Å². The van der Waals surface area contributed by atoms with E-state index in [2.05, 4.69) is 57.1 Å². The van der Waals surface area contributed by atoms with Crippen molar-refractivity contribution in [2.24, 2.45) is 5.92 Å². The molecule has 1 N–H and O–H groups in total. The number of nitrogens with zero attached hydrogens (tertiary/aromatic N) is 1. The summed E-state index contributed by atoms with van der Waals surface area (Å²) in [5, 5.41) is 3.36. The largest absolute Gasteiger partial charge is 0.463 e. The molecule has 1 aromatic rings. The fourth-order valence-corrected chi connectivity index (χ4v) is 2.25. The van der Waals surface area contributed by atoms with Crippen molar-refractivity contribution in [1.29, 1.82) is 0 Å². The summed E-state index contributed by atoms with van der Waals surface area (Å²) in [7, 11) is 2.17. The molecule has 0 saturated heterocycles. The van der Waals surface area contributed by atoms with Crippen molar-refractivity contribution in [3.05, 3.63) is 23.7 Å². The van der Waals surface area contributed by atoms with Crippen molar-refractivity contribution in [1.82, 2.24) is 10.2 Å². The van der Waals surface area contributed by atoms with Crippen LogP contribution < -0.4 is 5.32 Å². The number of furan rings is 1. The molecule has 0 saturated carbocycles. The molecule has 1 rings (SSSR count). The number of hydrogen-bond donors (Lipinski definition) is 1. The van der Waals surface area contributed by atoms with Gasteiger partial charge >= 0.3 is 0 Å². The molecule has 0 amide bonds. The fraction of sp³-hybridized carbons (Fsp3) is 0.750. The van der Waals surface area contributed by atoms with Crippen molar-refractivity contribution < 1.29 is 4.42 Å². The van der Waals surface area contributed by atoms with Gasteiger partial charge in [0, 0.05) is 6.04 Å². The Balaban J connectivity index is 2.39. The van der Waals surface area contributed by atoms with E-state index in [9.17, 15) is 0 Å². The number of hydrogen-bond acceptors (Lipinski definition) is 3. The van der Waals surface area contributed by atoms with Crippen molar-refractivity contribution in [3.63, 3.8) is 0 Å². The minimum atomic E-state index is 0.590. The predicted molar refractivity (Wildman–Crippen MR) is 81.1 cm³/mol. The van der Waals surface area contributed by atoms with Crippen molar-refractivity contribution in [2.75, 3.05) is 13.6 Å². The Hall–Kier alpha value is -0.800. The Labute approximate surface area is 118 Å². The molecule has 1 unspecified atom stereocenters. The van der Waals surface area contributed by atoms with Gasteiger partial charge in [-0.1, -0.05) is 20.8 Å². The van der Waals surface area contributed by atoms with Crippen LogP contribution in [-0.4, -0.2) is 24.5 Å². The Morgan fingerprint density at radius 3 is 2.53 bits per heavy atom. The maximum Gasteiger partial charge on any atom is 0.118 e. The van der Waals surface area contributed by atoms with E-state index >= 15 is 0 Å². The molecule has 0 aliphatic carbocycles. The summed E-state index contributed by atoms with van der Waals surface area (Å²) in [4.78, 5) is 2.36. The molecule has 1 atom stereocenters. The Bertz CT molecular complexity index is 346. The third kappa shape index (κ3) is 6.26. The van der Waals surface area contributed by atoms with Crippen LogP contribution in [0.2, 0.25) is 0 Å². The van der Waals surface area contributed by atoms with Gasteiger partial charge < -0.3 is 9.73 Å². The van der Waals surface area contributed by atoms with E-state index < -0.39 is 0 Å². The zero-order valence-electron chi connectivity index (χ0n) is 13.2. The van der Waals surface area contributed by atoms with Crippen molar-refractivity contribution >= 4 is 0 Å². The van der Waals surface area contributed by atoms with Crippen molar-refractivity contribution in [2.45, 2.75) is 59.7 Å². The van der Waals surface area contributed by atoms with E-state index in [0.717, 1.165) is 43.5 Å². The highest BCUT2D eigenvalue weighted by atomic mass is 16.3. The second-order valence-corrected chi connectivity index (χ2v) is 5.94. The quantitative estimate of drug-likeness (QED) is 0.692. The first-order chi connectivity index (χ1) is 9.02. The molecule has 1 heterocycles. The van der Waals surface area contributed by atoms with Gasteiger partial charge in [0.25, 0.3) is 0 Å². The monoisotopic (exact) mass is 266 g/mol. The third-order valence-corrected chi connectivity index (χ3v) is 3.41. The van der Waals surface area contributed by atoms with Gasteiger partial charge in [-0.3, -0.25) is 4.90 Å². The van der Waals surface area contributed by atoms with Gasteiger partial charge in [0.2, 0.25) is 0 Å². The minimum absolute atomic E-state index is 0.590. The molecule has 3 nitrogen and oxygen atoms in total. The molecule has 0 aromatic carbocycles. The molecule has 3 heteroatoms. The SMILES string of the molecule is CCCNCc1ccc(CN(C)C(C)CC(C)C)o1. The zero-order chi connectivity index (χ0) is 14.3. The molecule has 1 aromatic heterocycles. The number of nitrogens with one attached hydrogen (secondary N) is 1. The van der Waals surface area contributed by atoms with Crippen LogP contribution in [0.3, 0.4) is 0 Å². The highest BCUT2D eigenvalue weighted by Crippen LogP contribution is 2.15. The van der Waals surface area contributed by atoms with E-state index in [-0.39, 0.29) is 0 Å². The highest BCUT2D eigenvalue weighted by Gasteiger charge is 2.13. The normalized spacial score (nSPS) is 13.4. The first kappa shape index (κ1) is 16.3. The summed E-state index contributed by atoms with van der Waals surface area (Å²) < 4.78 is 5.85. The summed E-state index contributed by atoms with van der Waals surface area (Å²) in [5.41, 5.74) is 0. The molecule has 110 valence electrons. The summed E-state index contributed by atoms with van der Waals surface area (Å²) in [6, 6.07) is 4.77. The van der Waals surface area contributed by atoms with Crippen LogP contribution in [-0.2, 0) is 13.1 Å². The van der Waals surface area contributed by atoms with E-state index in [0.29, 0.717) is 6.04 Å². The van der Waals surface area contributed by atoms with Crippen LogP contribution in [0, 0.1) is 5.92 Å². The summed E-state index contributed by atoms with van der Waals surface area (Å²) in [6.07, 6.45) is 2.38.